The number of primary amides is 1. The van der Waals surface area contributed by atoms with E-state index < -0.39 is 12.2 Å². The molecule has 1 aliphatic carbocycles. The van der Waals surface area contributed by atoms with Crippen LogP contribution in [0.4, 0.5) is 10.1 Å². The number of nitrogens with zero attached hydrogens (tertiary/aromatic N) is 5. The average molecular weight is 615 g/mol. The number of aromatic nitrogens is 1. The summed E-state index contributed by atoms with van der Waals surface area (Å²) in [7, 11) is 0. The number of ether oxygens (including phenoxy) is 2. The number of likely N-dealkylation sites (tertiary alicyclic amines) is 1. The van der Waals surface area contributed by atoms with Crippen LogP contribution in [0, 0.1) is 5.82 Å². The average Bonchev–Trinajstić information content (AvgIpc) is 3.91. The zero-order chi connectivity index (χ0) is 30.9. The van der Waals surface area contributed by atoms with Gasteiger partial charge in [0.2, 0.25) is 5.88 Å². The van der Waals surface area contributed by atoms with Gasteiger partial charge in [-0.3, -0.25) is 14.5 Å². The molecule has 7 rings (SSSR count). The van der Waals surface area contributed by atoms with Gasteiger partial charge >= 0.3 is 0 Å². The molecule has 1 unspecified atom stereocenters. The van der Waals surface area contributed by atoms with Crippen LogP contribution in [0.25, 0.3) is 10.8 Å². The first-order chi connectivity index (χ1) is 21.9. The van der Waals surface area contributed by atoms with E-state index in [0.29, 0.717) is 67.8 Å². The Morgan fingerprint density at radius 1 is 1.07 bits per heavy atom. The van der Waals surface area contributed by atoms with Gasteiger partial charge in [0.1, 0.15) is 17.7 Å². The minimum Gasteiger partial charge on any atom is -0.472 e. The predicted octanol–water partition coefficient (Wildman–Crippen LogP) is 3.67. The topological polar surface area (TPSA) is 147 Å². The number of hydrogen-bond donors (Lipinski definition) is 3. The molecule has 4 heterocycles. The van der Waals surface area contributed by atoms with Crippen molar-refractivity contribution in [2.24, 2.45) is 16.0 Å². The summed E-state index contributed by atoms with van der Waals surface area (Å²) in [6, 6.07) is 12.5. The number of anilines is 1. The Morgan fingerprint density at radius 3 is 2.62 bits per heavy atom. The molecular weight excluding hydrogens is 579 g/mol. The van der Waals surface area contributed by atoms with Crippen molar-refractivity contribution >= 4 is 28.3 Å². The highest BCUT2D eigenvalue weighted by Crippen LogP contribution is 2.42. The molecule has 0 radical (unpaired) electrons. The van der Waals surface area contributed by atoms with Gasteiger partial charge in [0, 0.05) is 43.6 Å². The van der Waals surface area contributed by atoms with Gasteiger partial charge in [-0.1, -0.05) is 6.07 Å². The number of morpholine rings is 1. The van der Waals surface area contributed by atoms with Crippen molar-refractivity contribution in [2.75, 3.05) is 44.7 Å². The Bertz CT molecular complexity index is 1670. The summed E-state index contributed by atoms with van der Waals surface area (Å²) in [6.07, 6.45) is 4.58. The van der Waals surface area contributed by atoms with Crippen LogP contribution < -0.4 is 21.1 Å². The quantitative estimate of drug-likeness (QED) is 0.348. The number of carbonyl (C=O) groups is 2. The molecule has 2 saturated heterocycles. The Balaban J connectivity index is 1.03. The van der Waals surface area contributed by atoms with Gasteiger partial charge in [-0.05, 0) is 78.9 Å². The van der Waals surface area contributed by atoms with Gasteiger partial charge in [-0.2, -0.15) is 0 Å². The number of rotatable bonds is 8. The minimum atomic E-state index is -0.736. The Hall–Kier alpha value is -4.62. The van der Waals surface area contributed by atoms with Gasteiger partial charge < -0.3 is 30.7 Å². The standard InChI is InChI=1S/C32H35FN8O4/c33-25-17-22(19-3-4-19)16-21-9-10-35-30(26(21)25)45-24-2-1-11-41(18-24)32-37-29(27(28(34)42)38-39-32)36-23-7-5-20(6-8-23)31(43)40-12-14-44-15-13-40/h5-10,16-17,19,24,32,36-37H,1-4,11-15,18H2,(H2,34,42)/t24-,32?/m1/s1. The number of hydrogen-bond acceptors (Lipinski definition) is 10. The smallest absolute Gasteiger partial charge is 0.272 e. The maximum absolute atomic E-state index is 15.2. The molecule has 0 bridgehead atoms. The number of fused-ring (bicyclic) bond motifs is 1. The third-order valence-electron chi connectivity index (χ3n) is 8.60. The third kappa shape index (κ3) is 6.31. The second-order valence-electron chi connectivity index (χ2n) is 11.8. The van der Waals surface area contributed by atoms with Crippen molar-refractivity contribution in [1.82, 2.24) is 20.1 Å². The fourth-order valence-electron chi connectivity index (χ4n) is 6.05. The summed E-state index contributed by atoms with van der Waals surface area (Å²) in [5.74, 6) is -0.0737. The molecular formula is C32H35FN8O4. The van der Waals surface area contributed by atoms with Crippen LogP contribution in [0.3, 0.4) is 0 Å². The lowest BCUT2D eigenvalue weighted by Gasteiger charge is -2.37. The van der Waals surface area contributed by atoms with Crippen molar-refractivity contribution in [3.63, 3.8) is 0 Å². The fraction of sp³-hybridized carbons (Fsp3) is 0.406. The summed E-state index contributed by atoms with van der Waals surface area (Å²) in [5.41, 5.74) is 7.80. The molecule has 2 aromatic carbocycles. The largest absolute Gasteiger partial charge is 0.472 e. The summed E-state index contributed by atoms with van der Waals surface area (Å²) in [4.78, 5) is 33.2. The van der Waals surface area contributed by atoms with E-state index in [2.05, 4.69) is 25.8 Å². The van der Waals surface area contributed by atoms with E-state index in [0.717, 1.165) is 36.6 Å². The van der Waals surface area contributed by atoms with Crippen LogP contribution in [-0.2, 0) is 9.53 Å². The number of halogens is 1. The number of pyridine rings is 1. The molecule has 3 fully saturated rings. The van der Waals surface area contributed by atoms with Crippen molar-refractivity contribution in [2.45, 2.75) is 44.0 Å². The number of piperidine rings is 1. The van der Waals surface area contributed by atoms with Crippen LogP contribution in [0.2, 0.25) is 0 Å². The molecule has 4 N–H and O–H groups in total. The lowest BCUT2D eigenvalue weighted by atomic mass is 10.0. The maximum Gasteiger partial charge on any atom is 0.272 e. The summed E-state index contributed by atoms with van der Waals surface area (Å²) in [5, 5.41) is 16.1. The van der Waals surface area contributed by atoms with Crippen molar-refractivity contribution in [3.05, 3.63) is 77.1 Å². The monoisotopic (exact) mass is 614 g/mol. The molecule has 3 aliphatic heterocycles. The molecule has 13 heteroatoms. The number of nitrogens with two attached hydrogens (primary N) is 1. The van der Waals surface area contributed by atoms with Gasteiger partial charge in [0.05, 0.1) is 18.6 Å². The fourth-order valence-corrected chi connectivity index (χ4v) is 6.05. The molecule has 0 spiro atoms. The van der Waals surface area contributed by atoms with Crippen LogP contribution in [0.5, 0.6) is 5.88 Å². The summed E-state index contributed by atoms with van der Waals surface area (Å²) in [6.45, 7) is 3.36. The van der Waals surface area contributed by atoms with Crippen molar-refractivity contribution in [1.29, 1.82) is 0 Å². The highest BCUT2D eigenvalue weighted by atomic mass is 19.1. The number of amides is 2. The summed E-state index contributed by atoms with van der Waals surface area (Å²) >= 11 is 0. The van der Waals surface area contributed by atoms with Crippen molar-refractivity contribution in [3.8, 4) is 5.88 Å². The second-order valence-corrected chi connectivity index (χ2v) is 11.8. The molecule has 3 aromatic rings. The number of nitrogens with one attached hydrogen (secondary N) is 2. The zero-order valence-electron chi connectivity index (χ0n) is 24.7. The molecule has 4 aliphatic rings. The predicted molar refractivity (Wildman–Crippen MR) is 164 cm³/mol. The molecule has 2 atom stereocenters. The number of benzene rings is 2. The summed E-state index contributed by atoms with van der Waals surface area (Å²) < 4.78 is 26.9. The highest BCUT2D eigenvalue weighted by Gasteiger charge is 2.32. The first-order valence-electron chi connectivity index (χ1n) is 15.4. The Morgan fingerprint density at radius 2 is 1.87 bits per heavy atom. The zero-order valence-corrected chi connectivity index (χ0v) is 24.7. The van der Waals surface area contributed by atoms with E-state index in [9.17, 15) is 9.59 Å². The van der Waals surface area contributed by atoms with Crippen LogP contribution in [0.1, 0.15) is 47.5 Å². The lowest BCUT2D eigenvalue weighted by molar-refractivity contribution is -0.114. The molecule has 12 nitrogen and oxygen atoms in total. The molecule has 234 valence electrons. The first-order valence-corrected chi connectivity index (χ1v) is 15.4. The van der Waals surface area contributed by atoms with E-state index in [4.69, 9.17) is 15.2 Å². The molecule has 2 amide bonds. The van der Waals surface area contributed by atoms with E-state index in [1.165, 1.54) is 0 Å². The third-order valence-corrected chi connectivity index (χ3v) is 8.60. The Kier molecular flexibility index (Phi) is 8.03. The molecule has 1 aromatic heterocycles. The second kappa shape index (κ2) is 12.4. The number of carbonyl (C=O) groups excluding carboxylic acids is 2. The van der Waals surface area contributed by atoms with Crippen LogP contribution in [0.15, 0.2) is 70.4 Å². The van der Waals surface area contributed by atoms with Crippen LogP contribution >= 0.6 is 0 Å². The van der Waals surface area contributed by atoms with E-state index in [1.54, 1.807) is 41.4 Å². The van der Waals surface area contributed by atoms with Crippen LogP contribution in [-0.4, -0.2) is 78.4 Å². The highest BCUT2D eigenvalue weighted by molar-refractivity contribution is 5.95. The Labute approximate surface area is 259 Å². The van der Waals surface area contributed by atoms with Gasteiger partial charge in [0.15, 0.2) is 12.0 Å². The van der Waals surface area contributed by atoms with E-state index in [-0.39, 0.29) is 29.4 Å². The van der Waals surface area contributed by atoms with Gasteiger partial charge in [-0.25, -0.2) is 9.37 Å². The van der Waals surface area contributed by atoms with Gasteiger partial charge in [0.25, 0.3) is 11.8 Å². The van der Waals surface area contributed by atoms with E-state index >= 15 is 4.39 Å². The minimum absolute atomic E-state index is 0.0365. The lowest BCUT2D eigenvalue weighted by Crippen LogP contribution is -2.53. The first kappa shape index (κ1) is 29.1. The maximum atomic E-state index is 15.2. The normalized spacial score (nSPS) is 22.3. The molecule has 45 heavy (non-hydrogen) atoms. The SMILES string of the molecule is NC(=O)C1=C(Nc2ccc(C(=O)N3CCOCC3)cc2)NC(N2CCC[C@@H](Oc3nccc4cc(C5CC5)cc(F)c34)C2)N=N1. The van der Waals surface area contributed by atoms with Gasteiger partial charge in [-0.15, -0.1) is 10.2 Å². The van der Waals surface area contributed by atoms with Crippen molar-refractivity contribution < 1.29 is 23.5 Å². The van der Waals surface area contributed by atoms with E-state index in [1.807, 2.05) is 17.0 Å². The number of azo groups is 1. The molecule has 1 saturated carbocycles.